The number of para-hydroxylation sites is 1. The van der Waals surface area contributed by atoms with Gasteiger partial charge in [-0.15, -0.1) is 15.3 Å². The number of nitrogens with zero attached hydrogens (tertiary/aromatic N) is 4. The molecule has 0 saturated carbocycles. The average Bonchev–Trinajstić information content (AvgIpc) is 2.88. The summed E-state index contributed by atoms with van der Waals surface area (Å²) in [4.78, 5) is 0.677. The molecule has 6 nitrogen and oxygen atoms in total. The topological polar surface area (TPSA) is 78.3 Å². The van der Waals surface area contributed by atoms with Crippen molar-refractivity contribution in [2.75, 3.05) is 5.73 Å². The first-order valence-electron chi connectivity index (χ1n) is 5.39. The third-order valence-corrected chi connectivity index (χ3v) is 3.25. The van der Waals surface area contributed by atoms with Gasteiger partial charge in [0.1, 0.15) is 12.4 Å². The number of fused-ring (bicyclic) bond motifs is 1. The fraction of sp³-hybridized carbons (Fsp3) is 0.182. The van der Waals surface area contributed by atoms with Crippen LogP contribution in [-0.2, 0) is 6.61 Å². The third kappa shape index (κ3) is 1.88. The Hall–Kier alpha value is -2.15. The van der Waals surface area contributed by atoms with Gasteiger partial charge in [-0.05, 0) is 18.6 Å². The Labute approximate surface area is 107 Å². The molecule has 3 rings (SSSR count). The molecule has 0 amide bonds. The number of hydrogen-bond donors (Lipinski definition) is 1. The monoisotopic (exact) mass is 261 g/mol. The van der Waals surface area contributed by atoms with Crippen LogP contribution in [0.15, 0.2) is 24.3 Å². The second-order valence-corrected chi connectivity index (χ2v) is 4.79. The second kappa shape index (κ2) is 4.26. The molecule has 1 aromatic carbocycles. The van der Waals surface area contributed by atoms with Crippen molar-refractivity contribution in [2.45, 2.75) is 13.5 Å². The summed E-state index contributed by atoms with van der Waals surface area (Å²) in [6, 6.07) is 7.82. The van der Waals surface area contributed by atoms with E-state index in [-0.39, 0.29) is 0 Å². The normalized spacial score (nSPS) is 10.9. The molecule has 7 heteroatoms. The quantitative estimate of drug-likeness (QED) is 0.775. The van der Waals surface area contributed by atoms with E-state index in [4.69, 9.17) is 10.5 Å². The highest BCUT2D eigenvalue weighted by Gasteiger charge is 2.10. The Kier molecular flexibility index (Phi) is 2.60. The number of nitrogens with two attached hydrogens (primary N) is 1. The first kappa shape index (κ1) is 11.0. The number of rotatable bonds is 3. The summed E-state index contributed by atoms with van der Waals surface area (Å²) in [5.41, 5.74) is 6.69. The number of ether oxygens (including phenoxy) is 1. The van der Waals surface area contributed by atoms with E-state index in [0.29, 0.717) is 22.5 Å². The first-order chi connectivity index (χ1) is 8.74. The molecular weight excluding hydrogens is 250 g/mol. The van der Waals surface area contributed by atoms with Crippen molar-refractivity contribution in [1.82, 2.24) is 19.8 Å². The van der Waals surface area contributed by atoms with Gasteiger partial charge in [0, 0.05) is 0 Å². The van der Waals surface area contributed by atoms with Crippen molar-refractivity contribution < 1.29 is 4.74 Å². The van der Waals surface area contributed by atoms with E-state index in [2.05, 4.69) is 15.3 Å². The lowest BCUT2D eigenvalue weighted by molar-refractivity contribution is 0.291. The van der Waals surface area contributed by atoms with E-state index < -0.39 is 0 Å². The van der Waals surface area contributed by atoms with E-state index in [9.17, 15) is 0 Å². The van der Waals surface area contributed by atoms with Crippen molar-refractivity contribution in [2.24, 2.45) is 0 Å². The Bertz CT molecular complexity index is 690. The summed E-state index contributed by atoms with van der Waals surface area (Å²) in [7, 11) is 0. The number of hydrogen-bond acceptors (Lipinski definition) is 6. The maximum atomic E-state index is 5.70. The molecule has 2 N–H and O–H groups in total. The van der Waals surface area contributed by atoms with Crippen LogP contribution >= 0.6 is 11.3 Å². The lowest BCUT2D eigenvalue weighted by Gasteiger charge is -2.06. The molecule has 0 saturated heterocycles. The Morgan fingerprint density at radius 2 is 2.17 bits per heavy atom. The molecule has 18 heavy (non-hydrogen) atoms. The molecule has 0 fully saturated rings. The number of aryl methyl sites for hydroxylation is 1. The summed E-state index contributed by atoms with van der Waals surface area (Å²) in [6.45, 7) is 2.31. The predicted molar refractivity (Wildman–Crippen MR) is 68.6 cm³/mol. The SMILES string of the molecule is Cc1ccccc1OCc1nnc2sc(N)nn12. The minimum Gasteiger partial charge on any atom is -0.485 e. The first-order valence-corrected chi connectivity index (χ1v) is 6.21. The largest absolute Gasteiger partial charge is 0.485 e. The number of aromatic nitrogens is 4. The van der Waals surface area contributed by atoms with E-state index in [1.54, 1.807) is 4.52 Å². The van der Waals surface area contributed by atoms with E-state index in [1.165, 1.54) is 11.3 Å². The zero-order valence-corrected chi connectivity index (χ0v) is 10.5. The van der Waals surface area contributed by atoms with Gasteiger partial charge >= 0.3 is 0 Å². The van der Waals surface area contributed by atoms with Crippen LogP contribution in [0.5, 0.6) is 5.75 Å². The van der Waals surface area contributed by atoms with Crippen LogP contribution in [0.1, 0.15) is 11.4 Å². The summed E-state index contributed by atoms with van der Waals surface area (Å²) < 4.78 is 7.31. The van der Waals surface area contributed by atoms with Crippen LogP contribution in [0, 0.1) is 6.92 Å². The van der Waals surface area contributed by atoms with Crippen molar-refractivity contribution in [3.05, 3.63) is 35.7 Å². The van der Waals surface area contributed by atoms with E-state index in [0.717, 1.165) is 11.3 Å². The minimum atomic E-state index is 0.315. The fourth-order valence-corrected chi connectivity index (χ4v) is 2.25. The van der Waals surface area contributed by atoms with Crippen LogP contribution in [0.2, 0.25) is 0 Å². The van der Waals surface area contributed by atoms with Gasteiger partial charge in [0.25, 0.3) is 0 Å². The number of benzene rings is 1. The molecule has 0 aliphatic heterocycles. The highest BCUT2D eigenvalue weighted by Crippen LogP contribution is 2.19. The summed E-state index contributed by atoms with van der Waals surface area (Å²) in [5, 5.41) is 12.6. The molecule has 3 aromatic rings. The van der Waals surface area contributed by atoms with Gasteiger partial charge in [0.15, 0.2) is 5.82 Å². The average molecular weight is 261 g/mol. The van der Waals surface area contributed by atoms with Gasteiger partial charge in [-0.3, -0.25) is 0 Å². The van der Waals surface area contributed by atoms with Crippen molar-refractivity contribution in [3.63, 3.8) is 0 Å². The van der Waals surface area contributed by atoms with Crippen LogP contribution < -0.4 is 10.5 Å². The molecule has 0 bridgehead atoms. The molecule has 0 spiro atoms. The van der Waals surface area contributed by atoms with Gasteiger partial charge < -0.3 is 10.5 Å². The Morgan fingerprint density at radius 3 is 3.00 bits per heavy atom. The Morgan fingerprint density at radius 1 is 1.33 bits per heavy atom. The van der Waals surface area contributed by atoms with Crippen LogP contribution in [0.25, 0.3) is 4.96 Å². The van der Waals surface area contributed by atoms with E-state index >= 15 is 0 Å². The van der Waals surface area contributed by atoms with Gasteiger partial charge in [-0.2, -0.15) is 4.52 Å². The molecule has 0 atom stereocenters. The minimum absolute atomic E-state index is 0.315. The van der Waals surface area contributed by atoms with Crippen LogP contribution in [0.4, 0.5) is 5.13 Å². The standard InChI is InChI=1S/C11H11N5OS/c1-7-4-2-3-5-8(7)17-6-9-13-14-11-16(9)15-10(12)18-11/h2-5H,6H2,1H3,(H2,12,15). The second-order valence-electron chi connectivity index (χ2n) is 3.81. The highest BCUT2D eigenvalue weighted by atomic mass is 32.1. The zero-order chi connectivity index (χ0) is 12.5. The summed E-state index contributed by atoms with van der Waals surface area (Å²) in [5.74, 6) is 1.47. The number of nitrogen functional groups attached to an aromatic ring is 1. The third-order valence-electron chi connectivity index (χ3n) is 2.52. The fourth-order valence-electron chi connectivity index (χ4n) is 1.62. The van der Waals surface area contributed by atoms with E-state index in [1.807, 2.05) is 31.2 Å². The molecule has 92 valence electrons. The van der Waals surface area contributed by atoms with Crippen LogP contribution in [0.3, 0.4) is 0 Å². The molecular formula is C11H11N5OS. The zero-order valence-electron chi connectivity index (χ0n) is 9.70. The van der Waals surface area contributed by atoms with Gasteiger partial charge in [-0.1, -0.05) is 29.5 Å². The highest BCUT2D eigenvalue weighted by molar-refractivity contribution is 7.20. The number of anilines is 1. The van der Waals surface area contributed by atoms with Crippen molar-refractivity contribution in [3.8, 4) is 5.75 Å². The smallest absolute Gasteiger partial charge is 0.236 e. The molecule has 0 radical (unpaired) electrons. The maximum absolute atomic E-state index is 5.70. The molecule has 2 aromatic heterocycles. The lowest BCUT2D eigenvalue weighted by Crippen LogP contribution is -2.03. The molecule has 2 heterocycles. The summed E-state index contributed by atoms with van der Waals surface area (Å²) >= 11 is 1.30. The Balaban J connectivity index is 1.83. The predicted octanol–water partition coefficient (Wildman–Crippen LogP) is 1.66. The maximum Gasteiger partial charge on any atom is 0.236 e. The molecule has 0 aliphatic carbocycles. The molecule has 0 aliphatic rings. The van der Waals surface area contributed by atoms with Crippen molar-refractivity contribution >= 4 is 21.4 Å². The summed E-state index contributed by atoms with van der Waals surface area (Å²) in [6.07, 6.45) is 0. The van der Waals surface area contributed by atoms with Gasteiger partial charge in [-0.25, -0.2) is 0 Å². The van der Waals surface area contributed by atoms with Gasteiger partial charge in [0.2, 0.25) is 10.1 Å². The van der Waals surface area contributed by atoms with Gasteiger partial charge in [0.05, 0.1) is 0 Å². The lowest BCUT2D eigenvalue weighted by atomic mass is 10.2. The molecule has 0 unspecified atom stereocenters. The van der Waals surface area contributed by atoms with Crippen LogP contribution in [-0.4, -0.2) is 19.8 Å². The van der Waals surface area contributed by atoms with Crippen molar-refractivity contribution in [1.29, 1.82) is 0 Å².